The molecule has 5 rings (SSSR count). The number of fused-ring (bicyclic) bond motifs is 1. The first-order chi connectivity index (χ1) is 16.2. The normalized spacial score (nSPS) is 24.6. The summed E-state index contributed by atoms with van der Waals surface area (Å²) in [7, 11) is 1.67. The van der Waals surface area contributed by atoms with Crippen molar-refractivity contribution in [3.05, 3.63) is 64.8 Å². The number of aromatic carboxylic acids is 1. The molecule has 2 atom stereocenters. The van der Waals surface area contributed by atoms with Gasteiger partial charge < -0.3 is 14.8 Å². The molecule has 0 amide bonds. The summed E-state index contributed by atoms with van der Waals surface area (Å²) < 4.78 is 34.3. The van der Waals surface area contributed by atoms with Gasteiger partial charge in [0.1, 0.15) is 5.75 Å². The van der Waals surface area contributed by atoms with Crippen LogP contribution in [-0.4, -0.2) is 40.5 Å². The highest BCUT2D eigenvalue weighted by atomic mass is 19.3. The molecular formula is C27H30F2N2O3. The SMILES string of the molecule is COc1cc(C)c2[nH]ccc2c1CN1CC[C@@]2(CCC(F)(F)C2)C[C@@H]1c1ccc(C(=O)O)cc1. The quantitative estimate of drug-likeness (QED) is 0.460. The number of nitrogens with zero attached hydrogens (tertiary/aromatic N) is 1. The summed E-state index contributed by atoms with van der Waals surface area (Å²) in [6, 6.07) is 10.9. The highest BCUT2D eigenvalue weighted by Gasteiger charge is 2.52. The predicted octanol–water partition coefficient (Wildman–Crippen LogP) is 6.33. The molecule has 0 bridgehead atoms. The molecule has 34 heavy (non-hydrogen) atoms. The monoisotopic (exact) mass is 468 g/mol. The van der Waals surface area contributed by atoms with Gasteiger partial charge in [0.05, 0.1) is 12.7 Å². The molecule has 2 aliphatic rings. The van der Waals surface area contributed by atoms with Crippen molar-refractivity contribution in [2.45, 2.75) is 57.5 Å². The average molecular weight is 469 g/mol. The van der Waals surface area contributed by atoms with Crippen LogP contribution in [0, 0.1) is 12.3 Å². The first-order valence-electron chi connectivity index (χ1n) is 11.8. The second-order valence-corrected chi connectivity index (χ2v) is 10.0. The molecule has 2 N–H and O–H groups in total. The number of nitrogens with one attached hydrogen (secondary N) is 1. The molecule has 7 heteroatoms. The summed E-state index contributed by atoms with van der Waals surface area (Å²) >= 11 is 0. The van der Waals surface area contributed by atoms with E-state index in [4.69, 9.17) is 4.74 Å². The number of hydrogen-bond donors (Lipinski definition) is 2. The molecule has 180 valence electrons. The molecule has 1 saturated heterocycles. The number of rotatable bonds is 5. The number of carboxylic acid groups (broad SMARTS) is 1. The van der Waals surface area contributed by atoms with Gasteiger partial charge in [-0.25, -0.2) is 13.6 Å². The van der Waals surface area contributed by atoms with Crippen molar-refractivity contribution in [1.29, 1.82) is 0 Å². The van der Waals surface area contributed by atoms with Gasteiger partial charge in [-0.3, -0.25) is 4.90 Å². The van der Waals surface area contributed by atoms with Gasteiger partial charge in [0.25, 0.3) is 0 Å². The minimum absolute atomic E-state index is 0.0482. The minimum atomic E-state index is -2.60. The number of carboxylic acids is 1. The lowest BCUT2D eigenvalue weighted by atomic mass is 9.72. The Morgan fingerprint density at radius 2 is 1.97 bits per heavy atom. The number of H-pyrrole nitrogens is 1. The Bertz CT molecular complexity index is 1220. The van der Waals surface area contributed by atoms with Crippen LogP contribution in [0.2, 0.25) is 0 Å². The Morgan fingerprint density at radius 1 is 1.21 bits per heavy atom. The number of aryl methyl sites for hydroxylation is 1. The van der Waals surface area contributed by atoms with Crippen molar-refractivity contribution in [3.8, 4) is 5.75 Å². The number of halogens is 2. The minimum Gasteiger partial charge on any atom is -0.496 e. The van der Waals surface area contributed by atoms with Crippen molar-refractivity contribution in [2.75, 3.05) is 13.7 Å². The number of methoxy groups -OCH3 is 1. The van der Waals surface area contributed by atoms with Crippen LogP contribution in [0.5, 0.6) is 5.75 Å². The van der Waals surface area contributed by atoms with Gasteiger partial charge in [-0.15, -0.1) is 0 Å². The van der Waals surface area contributed by atoms with Crippen LogP contribution in [0.1, 0.15) is 65.2 Å². The summed E-state index contributed by atoms with van der Waals surface area (Å²) in [5.74, 6) is -2.76. The molecule has 2 aromatic carbocycles. The summed E-state index contributed by atoms with van der Waals surface area (Å²) in [5, 5.41) is 10.4. The van der Waals surface area contributed by atoms with E-state index >= 15 is 0 Å². The maximum Gasteiger partial charge on any atom is 0.335 e. The van der Waals surface area contributed by atoms with Crippen LogP contribution in [0.25, 0.3) is 10.9 Å². The zero-order valence-corrected chi connectivity index (χ0v) is 19.5. The van der Waals surface area contributed by atoms with E-state index in [-0.39, 0.29) is 29.9 Å². The van der Waals surface area contributed by atoms with E-state index in [9.17, 15) is 18.7 Å². The van der Waals surface area contributed by atoms with Crippen molar-refractivity contribution in [1.82, 2.24) is 9.88 Å². The van der Waals surface area contributed by atoms with Gasteiger partial charge in [0, 0.05) is 48.1 Å². The predicted molar refractivity (Wildman–Crippen MR) is 127 cm³/mol. The van der Waals surface area contributed by atoms with Crippen LogP contribution in [-0.2, 0) is 6.54 Å². The molecule has 3 aromatic rings. The van der Waals surface area contributed by atoms with Crippen molar-refractivity contribution >= 4 is 16.9 Å². The number of piperidine rings is 1. The summed E-state index contributed by atoms with van der Waals surface area (Å²) in [6.07, 6.45) is 3.72. The van der Waals surface area contributed by atoms with Gasteiger partial charge in [-0.1, -0.05) is 12.1 Å². The molecule has 1 aromatic heterocycles. The second-order valence-electron chi connectivity index (χ2n) is 10.0. The fourth-order valence-corrected chi connectivity index (χ4v) is 6.09. The number of likely N-dealkylation sites (tertiary alicyclic amines) is 1. The fourth-order valence-electron chi connectivity index (χ4n) is 6.09. The molecule has 1 aliphatic carbocycles. The molecule has 1 saturated carbocycles. The van der Waals surface area contributed by atoms with Crippen LogP contribution < -0.4 is 4.74 Å². The molecule has 2 heterocycles. The lowest BCUT2D eigenvalue weighted by Gasteiger charge is -2.45. The molecule has 1 aliphatic heterocycles. The second kappa shape index (κ2) is 8.38. The molecule has 5 nitrogen and oxygen atoms in total. The van der Waals surface area contributed by atoms with Crippen LogP contribution in [0.4, 0.5) is 8.78 Å². The number of alkyl halides is 2. The molecule has 1 spiro atoms. The van der Waals surface area contributed by atoms with Gasteiger partial charge in [-0.2, -0.15) is 0 Å². The molecule has 2 fully saturated rings. The third-order valence-electron chi connectivity index (χ3n) is 7.89. The Morgan fingerprint density at radius 3 is 2.62 bits per heavy atom. The summed E-state index contributed by atoms with van der Waals surface area (Å²) in [6.45, 7) is 3.36. The standard InChI is InChI=1S/C27H30F2N2O3/c1-17-13-23(34-2)21(20-7-11-30-24(17)20)15-31-12-10-26(8-9-27(28,29)16-26)14-22(31)18-3-5-19(6-4-18)25(32)33/h3-7,11,13,22,30H,8-10,12,14-16H2,1-2H3,(H,32,33)/t22-,26+/m1/s1. The van der Waals surface area contributed by atoms with E-state index in [1.165, 1.54) is 0 Å². The largest absolute Gasteiger partial charge is 0.496 e. The zero-order chi connectivity index (χ0) is 24.1. The van der Waals surface area contributed by atoms with E-state index in [0.29, 0.717) is 25.9 Å². The van der Waals surface area contributed by atoms with Crippen LogP contribution in [0.3, 0.4) is 0 Å². The van der Waals surface area contributed by atoms with Gasteiger partial charge in [0.2, 0.25) is 5.92 Å². The lowest BCUT2D eigenvalue weighted by Crippen LogP contribution is -2.41. The highest BCUT2D eigenvalue weighted by Crippen LogP contribution is 2.56. The maximum absolute atomic E-state index is 14.3. The van der Waals surface area contributed by atoms with Crippen LogP contribution in [0.15, 0.2) is 42.6 Å². The van der Waals surface area contributed by atoms with Gasteiger partial charge >= 0.3 is 5.97 Å². The topological polar surface area (TPSA) is 65.6 Å². The Balaban J connectivity index is 1.52. The third kappa shape index (κ3) is 4.06. The van der Waals surface area contributed by atoms with Gasteiger partial charge in [0.15, 0.2) is 0 Å². The average Bonchev–Trinajstić information content (AvgIpc) is 3.42. The number of benzene rings is 2. The first-order valence-corrected chi connectivity index (χ1v) is 11.8. The van der Waals surface area contributed by atoms with Gasteiger partial charge in [-0.05, 0) is 73.5 Å². The number of ether oxygens (including phenoxy) is 1. The van der Waals surface area contributed by atoms with E-state index in [1.807, 2.05) is 31.3 Å². The summed E-state index contributed by atoms with van der Waals surface area (Å²) in [4.78, 5) is 17.0. The van der Waals surface area contributed by atoms with Crippen molar-refractivity contribution < 1.29 is 23.4 Å². The number of aromatic nitrogens is 1. The molecule has 0 radical (unpaired) electrons. The van der Waals surface area contributed by atoms with E-state index in [1.54, 1.807) is 19.2 Å². The lowest BCUT2D eigenvalue weighted by molar-refractivity contribution is -0.0235. The maximum atomic E-state index is 14.3. The third-order valence-corrected chi connectivity index (χ3v) is 7.89. The first kappa shape index (κ1) is 22.8. The van der Waals surface area contributed by atoms with Crippen molar-refractivity contribution in [3.63, 3.8) is 0 Å². The molecular weight excluding hydrogens is 438 g/mol. The van der Waals surface area contributed by atoms with E-state index in [0.717, 1.165) is 39.8 Å². The van der Waals surface area contributed by atoms with E-state index < -0.39 is 11.9 Å². The fraction of sp³-hybridized carbons (Fsp3) is 0.444. The highest BCUT2D eigenvalue weighted by molar-refractivity contribution is 5.88. The zero-order valence-electron chi connectivity index (χ0n) is 19.5. The van der Waals surface area contributed by atoms with Crippen LogP contribution >= 0.6 is 0 Å². The Labute approximate surface area is 197 Å². The smallest absolute Gasteiger partial charge is 0.335 e. The molecule has 0 unspecified atom stereocenters. The van der Waals surface area contributed by atoms with E-state index in [2.05, 4.69) is 16.0 Å². The summed E-state index contributed by atoms with van der Waals surface area (Å²) in [5.41, 5.74) is 4.06. The number of aromatic amines is 1. The Kier molecular flexibility index (Phi) is 5.63. The van der Waals surface area contributed by atoms with Crippen molar-refractivity contribution in [2.24, 2.45) is 5.41 Å². The Hall–Kier alpha value is -2.93. The number of hydrogen-bond acceptors (Lipinski definition) is 3. The number of carbonyl (C=O) groups is 1.